The van der Waals surface area contributed by atoms with Gasteiger partial charge in [0.15, 0.2) is 0 Å². The Morgan fingerprint density at radius 3 is 2.63 bits per heavy atom. The standard InChI is InChI=1S/C14H14ClNO3/c1-18-11-4-2-10(3-5-11)6-8-16-14(17)12-7-9-19-13(12)15/h2-5,7,9H,6,8H2,1H3,(H,16,17). The minimum atomic E-state index is -0.229. The first-order chi connectivity index (χ1) is 9.20. The van der Waals surface area contributed by atoms with Crippen LogP contribution in [0, 0.1) is 0 Å². The van der Waals surface area contributed by atoms with E-state index in [1.165, 1.54) is 6.26 Å². The molecule has 0 aliphatic carbocycles. The number of benzene rings is 1. The fraction of sp³-hybridized carbons (Fsp3) is 0.214. The quantitative estimate of drug-likeness (QED) is 0.915. The van der Waals surface area contributed by atoms with Crippen molar-refractivity contribution in [3.8, 4) is 5.75 Å². The molecule has 1 heterocycles. The largest absolute Gasteiger partial charge is 0.497 e. The zero-order chi connectivity index (χ0) is 13.7. The summed E-state index contributed by atoms with van der Waals surface area (Å²) in [7, 11) is 1.63. The molecule has 0 spiro atoms. The smallest absolute Gasteiger partial charge is 0.256 e. The molecule has 100 valence electrons. The Labute approximate surface area is 116 Å². The van der Waals surface area contributed by atoms with Crippen LogP contribution in [0.1, 0.15) is 15.9 Å². The van der Waals surface area contributed by atoms with E-state index in [4.69, 9.17) is 20.8 Å². The maximum absolute atomic E-state index is 11.7. The molecular weight excluding hydrogens is 266 g/mol. The van der Waals surface area contributed by atoms with E-state index in [0.717, 1.165) is 17.7 Å². The topological polar surface area (TPSA) is 51.5 Å². The van der Waals surface area contributed by atoms with E-state index in [0.29, 0.717) is 12.1 Å². The monoisotopic (exact) mass is 279 g/mol. The van der Waals surface area contributed by atoms with Crippen LogP contribution in [0.25, 0.3) is 0 Å². The van der Waals surface area contributed by atoms with Crippen molar-refractivity contribution >= 4 is 17.5 Å². The normalized spacial score (nSPS) is 10.2. The Hall–Kier alpha value is -1.94. The van der Waals surface area contributed by atoms with Crippen molar-refractivity contribution in [2.75, 3.05) is 13.7 Å². The van der Waals surface area contributed by atoms with Gasteiger partial charge >= 0.3 is 0 Å². The number of carbonyl (C=O) groups is 1. The van der Waals surface area contributed by atoms with Gasteiger partial charge in [-0.1, -0.05) is 12.1 Å². The van der Waals surface area contributed by atoms with Gasteiger partial charge in [0.2, 0.25) is 5.22 Å². The zero-order valence-corrected chi connectivity index (χ0v) is 11.2. The lowest BCUT2D eigenvalue weighted by atomic mass is 10.1. The van der Waals surface area contributed by atoms with Crippen molar-refractivity contribution in [3.63, 3.8) is 0 Å². The van der Waals surface area contributed by atoms with Crippen LogP contribution in [0.15, 0.2) is 41.0 Å². The van der Waals surface area contributed by atoms with Gasteiger partial charge in [-0.25, -0.2) is 0 Å². The molecule has 5 heteroatoms. The van der Waals surface area contributed by atoms with Crippen LogP contribution in [0.3, 0.4) is 0 Å². The van der Waals surface area contributed by atoms with E-state index in [2.05, 4.69) is 5.32 Å². The average molecular weight is 280 g/mol. The number of halogens is 1. The predicted molar refractivity (Wildman–Crippen MR) is 72.7 cm³/mol. The van der Waals surface area contributed by atoms with E-state index < -0.39 is 0 Å². The molecule has 1 amide bonds. The third kappa shape index (κ3) is 3.51. The number of rotatable bonds is 5. The lowest BCUT2D eigenvalue weighted by Gasteiger charge is -2.05. The van der Waals surface area contributed by atoms with Gasteiger partial charge in [-0.15, -0.1) is 0 Å². The van der Waals surface area contributed by atoms with Crippen molar-refractivity contribution in [3.05, 3.63) is 52.9 Å². The van der Waals surface area contributed by atoms with Crippen LogP contribution in [-0.2, 0) is 6.42 Å². The van der Waals surface area contributed by atoms with E-state index in [-0.39, 0.29) is 11.1 Å². The minimum Gasteiger partial charge on any atom is -0.497 e. The highest BCUT2D eigenvalue weighted by atomic mass is 35.5. The zero-order valence-electron chi connectivity index (χ0n) is 10.5. The summed E-state index contributed by atoms with van der Waals surface area (Å²) in [5.41, 5.74) is 1.48. The molecule has 0 saturated heterocycles. The number of hydrogen-bond donors (Lipinski definition) is 1. The number of hydrogen-bond acceptors (Lipinski definition) is 3. The van der Waals surface area contributed by atoms with E-state index >= 15 is 0 Å². The summed E-state index contributed by atoms with van der Waals surface area (Å²) in [5, 5.41) is 2.90. The van der Waals surface area contributed by atoms with Crippen LogP contribution >= 0.6 is 11.6 Å². The number of nitrogens with one attached hydrogen (secondary N) is 1. The molecule has 1 N–H and O–H groups in total. The van der Waals surface area contributed by atoms with Gasteiger partial charge in [-0.05, 0) is 41.8 Å². The molecule has 0 radical (unpaired) electrons. The molecule has 0 bridgehead atoms. The lowest BCUT2D eigenvalue weighted by Crippen LogP contribution is -2.25. The second kappa shape index (κ2) is 6.29. The summed E-state index contributed by atoms with van der Waals surface area (Å²) in [5.74, 6) is 0.588. The summed E-state index contributed by atoms with van der Waals surface area (Å²) in [6.45, 7) is 0.534. The van der Waals surface area contributed by atoms with Crippen molar-refractivity contribution in [2.45, 2.75) is 6.42 Å². The molecular formula is C14H14ClNO3. The third-order valence-electron chi connectivity index (χ3n) is 2.72. The Balaban J connectivity index is 1.83. The number of methoxy groups -OCH3 is 1. The molecule has 19 heavy (non-hydrogen) atoms. The van der Waals surface area contributed by atoms with Crippen molar-refractivity contribution in [1.82, 2.24) is 5.32 Å². The lowest BCUT2D eigenvalue weighted by molar-refractivity contribution is 0.0953. The molecule has 2 aromatic rings. The van der Waals surface area contributed by atoms with Crippen molar-refractivity contribution in [2.24, 2.45) is 0 Å². The molecule has 1 aromatic heterocycles. The van der Waals surface area contributed by atoms with Gasteiger partial charge < -0.3 is 14.5 Å². The summed E-state index contributed by atoms with van der Waals surface area (Å²) >= 11 is 5.72. The molecule has 0 saturated carbocycles. The number of amides is 1. The van der Waals surface area contributed by atoms with E-state index in [1.807, 2.05) is 24.3 Å². The predicted octanol–water partition coefficient (Wildman–Crippen LogP) is 2.91. The third-order valence-corrected chi connectivity index (χ3v) is 3.01. The highest BCUT2D eigenvalue weighted by molar-refractivity contribution is 6.32. The van der Waals surface area contributed by atoms with Crippen molar-refractivity contribution in [1.29, 1.82) is 0 Å². The summed E-state index contributed by atoms with van der Waals surface area (Å²) in [6.07, 6.45) is 2.13. The first kappa shape index (κ1) is 13.5. The second-order valence-corrected chi connectivity index (χ2v) is 4.31. The van der Waals surface area contributed by atoms with Gasteiger partial charge in [0.05, 0.1) is 18.9 Å². The highest BCUT2D eigenvalue weighted by Gasteiger charge is 2.11. The fourth-order valence-electron chi connectivity index (χ4n) is 1.66. The molecule has 0 aliphatic rings. The molecule has 0 aliphatic heterocycles. The summed E-state index contributed by atoms with van der Waals surface area (Å²) in [4.78, 5) is 11.7. The number of carbonyl (C=O) groups excluding carboxylic acids is 1. The molecule has 4 nitrogen and oxygen atoms in total. The second-order valence-electron chi connectivity index (χ2n) is 3.96. The van der Waals surface area contributed by atoms with Crippen LogP contribution in [0.4, 0.5) is 0 Å². The van der Waals surface area contributed by atoms with E-state index in [1.54, 1.807) is 13.2 Å². The van der Waals surface area contributed by atoms with Crippen LogP contribution in [-0.4, -0.2) is 19.6 Å². The highest BCUT2D eigenvalue weighted by Crippen LogP contribution is 2.16. The van der Waals surface area contributed by atoms with Crippen molar-refractivity contribution < 1.29 is 13.9 Å². The Kier molecular flexibility index (Phi) is 4.47. The van der Waals surface area contributed by atoms with Crippen LogP contribution in [0.5, 0.6) is 5.75 Å². The SMILES string of the molecule is COc1ccc(CCNC(=O)c2ccoc2Cl)cc1. The Bertz CT molecular complexity index is 548. The Morgan fingerprint density at radius 2 is 2.05 bits per heavy atom. The van der Waals surface area contributed by atoms with Crippen LogP contribution < -0.4 is 10.1 Å². The maximum atomic E-state index is 11.7. The molecule has 0 atom stereocenters. The molecule has 1 aromatic carbocycles. The van der Waals surface area contributed by atoms with Crippen LogP contribution in [0.2, 0.25) is 5.22 Å². The molecule has 2 rings (SSSR count). The fourth-order valence-corrected chi connectivity index (χ4v) is 1.86. The summed E-state index contributed by atoms with van der Waals surface area (Å²) < 4.78 is 9.95. The molecule has 0 fully saturated rings. The first-order valence-corrected chi connectivity index (χ1v) is 6.22. The van der Waals surface area contributed by atoms with Gasteiger partial charge in [-0.2, -0.15) is 0 Å². The minimum absolute atomic E-state index is 0.113. The van der Waals surface area contributed by atoms with E-state index in [9.17, 15) is 4.79 Å². The van der Waals surface area contributed by atoms with Gasteiger partial charge in [0.1, 0.15) is 5.75 Å². The van der Waals surface area contributed by atoms with Gasteiger partial charge in [0.25, 0.3) is 5.91 Å². The summed E-state index contributed by atoms with van der Waals surface area (Å²) in [6, 6.07) is 9.27. The maximum Gasteiger partial charge on any atom is 0.256 e. The Morgan fingerprint density at radius 1 is 1.32 bits per heavy atom. The average Bonchev–Trinajstić information content (AvgIpc) is 2.86. The van der Waals surface area contributed by atoms with Gasteiger partial charge in [-0.3, -0.25) is 4.79 Å². The van der Waals surface area contributed by atoms with Gasteiger partial charge in [0, 0.05) is 6.54 Å². The molecule has 0 unspecified atom stereocenters. The number of furan rings is 1. The number of ether oxygens (including phenoxy) is 1. The first-order valence-electron chi connectivity index (χ1n) is 5.85.